The lowest BCUT2D eigenvalue weighted by Crippen LogP contribution is -2.57. The van der Waals surface area contributed by atoms with Gasteiger partial charge < -0.3 is 14.4 Å². The summed E-state index contributed by atoms with van der Waals surface area (Å²) in [5.41, 5.74) is 13.0. The van der Waals surface area contributed by atoms with Gasteiger partial charge in [0.1, 0.15) is 131 Å². The van der Waals surface area contributed by atoms with E-state index in [4.69, 9.17) is 4.98 Å². The fourth-order valence-electron chi connectivity index (χ4n) is 10.5. The molecule has 4 aromatic rings. The first-order valence-corrected chi connectivity index (χ1v) is 23.3. The van der Waals surface area contributed by atoms with Crippen LogP contribution in [0, 0.1) is 5.82 Å². The monoisotopic (exact) mass is 859 g/mol. The molecular weight excluding hydrogens is 801 g/mol. The van der Waals surface area contributed by atoms with E-state index in [0.717, 1.165) is 80.2 Å². The number of alkyl halides is 3. The Hall–Kier alpha value is -2.92. The molecule has 3 aromatic carbocycles. The minimum Gasteiger partial charge on any atom is -0.336 e. The number of aromatic nitrogens is 2. The highest BCUT2D eigenvalue weighted by molar-refractivity contribution is 8.02. The number of halogens is 4. The number of hydrogen-bond acceptors (Lipinski definition) is 5. The molecule has 0 unspecified atom stereocenters. The van der Waals surface area contributed by atoms with Crippen molar-refractivity contribution in [3.63, 3.8) is 0 Å². The number of likely N-dealkylation sites (N-methyl/N-ethyl adjacent to an activating group) is 1. The third-order valence-electron chi connectivity index (χ3n) is 14.8. The van der Waals surface area contributed by atoms with Crippen LogP contribution in [0.25, 0.3) is 11.1 Å². The quantitative estimate of drug-likeness (QED) is 0.0580. The van der Waals surface area contributed by atoms with E-state index < -0.39 is 21.6 Å². The molecule has 0 spiro atoms. The first-order valence-electron chi connectivity index (χ1n) is 22.5. The van der Waals surface area contributed by atoms with Crippen LogP contribution in [-0.2, 0) is 40.2 Å². The van der Waals surface area contributed by atoms with Crippen molar-refractivity contribution in [3.05, 3.63) is 44.1 Å². The summed E-state index contributed by atoms with van der Waals surface area (Å²) in [5, 5.41) is -0.715. The Kier molecular flexibility index (Phi) is 15.2. The molecule has 1 aliphatic rings. The van der Waals surface area contributed by atoms with Crippen molar-refractivity contribution in [3.8, 4) is 11.1 Å². The molecule has 0 fully saturated rings. The maximum Gasteiger partial charge on any atom is 0.415 e. The molecule has 0 bridgehead atoms. The Morgan fingerprint density at radius 1 is 0.683 bits per heavy atom. The second-order valence-corrected chi connectivity index (χ2v) is 20.6. The van der Waals surface area contributed by atoms with Crippen molar-refractivity contribution in [1.82, 2.24) is 19.4 Å². The van der Waals surface area contributed by atoms with E-state index in [2.05, 4.69) is 50.1 Å². The molecule has 6 nitrogen and oxygen atoms in total. The summed E-state index contributed by atoms with van der Waals surface area (Å²) in [6.45, 7) is 7.31. The van der Waals surface area contributed by atoms with E-state index >= 15 is 9.18 Å². The maximum absolute atomic E-state index is 15.7. The van der Waals surface area contributed by atoms with Gasteiger partial charge in [0, 0.05) is 36.5 Å². The topological polar surface area (TPSA) is 58.4 Å². The Morgan fingerprint density at radius 3 is 1.60 bits per heavy atom. The normalized spacial score (nSPS) is 13.1. The third kappa shape index (κ3) is 9.14. The van der Waals surface area contributed by atoms with Gasteiger partial charge in [0.25, 0.3) is 5.56 Å². The molecule has 1 aromatic heterocycles. The highest BCUT2D eigenvalue weighted by Crippen LogP contribution is 2.37. The number of thioether (sulfide) groups is 1. The minimum absolute atomic E-state index is 0.103. The molecule has 63 heavy (non-hydrogen) atoms. The van der Waals surface area contributed by atoms with Gasteiger partial charge in [-0.2, -0.15) is 18.2 Å². The summed E-state index contributed by atoms with van der Waals surface area (Å²) in [6, 6.07) is 0. The molecule has 0 radical (unpaired) electrons. The summed E-state index contributed by atoms with van der Waals surface area (Å²) in [7, 11) is 30.5. The van der Waals surface area contributed by atoms with Crippen LogP contribution in [0.3, 0.4) is 0 Å². The zero-order valence-corrected chi connectivity index (χ0v) is 42.0. The van der Waals surface area contributed by atoms with Gasteiger partial charge in [0.2, 0.25) is 5.91 Å². The van der Waals surface area contributed by atoms with Crippen LogP contribution in [0.5, 0.6) is 0 Å². The van der Waals surface area contributed by atoms with E-state index in [-0.39, 0.29) is 28.2 Å². The number of carbonyl (C=O) groups is 1. The highest BCUT2D eigenvalue weighted by Gasteiger charge is 2.41. The molecule has 0 N–H and O–H groups in total. The number of nitrogens with zero attached hydrogens (tertiary/aromatic N) is 4. The van der Waals surface area contributed by atoms with Gasteiger partial charge in [-0.1, -0.05) is 96.7 Å². The number of carbonyl (C=O) groups excluding carboxylic acids is 1. The van der Waals surface area contributed by atoms with Crippen molar-refractivity contribution in [1.29, 1.82) is 0 Å². The van der Waals surface area contributed by atoms with Crippen molar-refractivity contribution in [2.45, 2.75) is 60.9 Å². The van der Waals surface area contributed by atoms with Crippen LogP contribution < -0.4 is 71.1 Å². The van der Waals surface area contributed by atoms with Crippen LogP contribution in [-0.4, -0.2) is 177 Å². The van der Waals surface area contributed by atoms with E-state index in [0.29, 0.717) is 65.0 Å². The molecule has 312 valence electrons. The minimum atomic E-state index is -4.46. The number of fused-ring (bicyclic) bond motifs is 1. The molecule has 0 atom stereocenters. The summed E-state index contributed by atoms with van der Waals surface area (Å²) >= 11 is 1.45. The van der Waals surface area contributed by atoms with E-state index in [9.17, 15) is 18.0 Å². The van der Waals surface area contributed by atoms with Crippen molar-refractivity contribution < 1.29 is 22.4 Å². The molecule has 0 saturated carbocycles. The Balaban J connectivity index is 1.69. The van der Waals surface area contributed by atoms with E-state index in [1.165, 1.54) is 11.8 Å². The van der Waals surface area contributed by atoms with Crippen molar-refractivity contribution in [2.75, 3.05) is 26.2 Å². The fourth-order valence-corrected chi connectivity index (χ4v) is 11.9. The van der Waals surface area contributed by atoms with Gasteiger partial charge in [0.15, 0.2) is 5.16 Å². The zero-order chi connectivity index (χ0) is 47.6. The van der Waals surface area contributed by atoms with Gasteiger partial charge in [-0.15, -0.1) is 0 Å². The maximum atomic E-state index is 15.7. The lowest BCUT2D eigenvalue weighted by molar-refractivity contribution is -0.136. The second-order valence-electron chi connectivity index (χ2n) is 19.0. The second kappa shape index (κ2) is 18.8. The predicted molar refractivity (Wildman–Crippen MR) is 305 cm³/mol. The van der Waals surface area contributed by atoms with E-state index in [1.807, 2.05) is 56.5 Å². The van der Waals surface area contributed by atoms with E-state index in [1.54, 1.807) is 47.1 Å². The van der Waals surface area contributed by atoms with Crippen LogP contribution in [0.2, 0.25) is 0 Å². The average Bonchev–Trinajstić information content (AvgIpc) is 3.69. The van der Waals surface area contributed by atoms with Crippen LogP contribution in [0.4, 0.5) is 17.6 Å². The zero-order valence-electron chi connectivity index (χ0n) is 41.2. The molecule has 1 heterocycles. The molecular formula is C36H54B16F4N4O2S. The van der Waals surface area contributed by atoms with Gasteiger partial charge in [0.05, 0.1) is 5.34 Å². The van der Waals surface area contributed by atoms with Crippen LogP contribution in [0.1, 0.15) is 48.2 Å². The van der Waals surface area contributed by atoms with Crippen LogP contribution >= 0.6 is 11.8 Å². The SMILES string of the molecule is Bc1c(B)c(C(B)(B)Sc2nc(=O)c3c(n2C(B)(B)C(=O)N(CCN(CC)CC)Cc2c(B)c(B)c(-c4c(B)c(B)c(C(F)(F)F)c(B)c4B)c(B)c2B)CCC3)c(B)c(B)c1F. The smallest absolute Gasteiger partial charge is 0.336 e. The fraction of sp³-hybridized carbons (Fsp3) is 0.361. The Morgan fingerprint density at radius 2 is 1.14 bits per heavy atom. The lowest BCUT2D eigenvalue weighted by atomic mass is 9.55. The molecule has 1 aliphatic carbocycles. The molecule has 27 heteroatoms. The Bertz CT molecular complexity index is 2500. The predicted octanol–water partition coefficient (Wildman–Crippen LogP) is -17.9. The summed E-state index contributed by atoms with van der Waals surface area (Å²) < 4.78 is 59.7. The highest BCUT2D eigenvalue weighted by atomic mass is 32.2. The molecule has 0 aliphatic heterocycles. The van der Waals surface area contributed by atoms with Crippen LogP contribution in [0.15, 0.2) is 9.95 Å². The summed E-state index contributed by atoms with van der Waals surface area (Å²) in [6.07, 6.45) is -2.43. The largest absolute Gasteiger partial charge is 0.415 e. The summed E-state index contributed by atoms with van der Waals surface area (Å²) in [5.74, 6) is -0.312. The standard InChI is InChI=1S/C36H54B16F4N4O2S/c1-3-58(4-2)8-9-59(10-12-18(37)20(39)14(21(40)19(12)38)15-22(41)26(45)17(36(54,55)56)27(46)23(15)42)32(62)34(49,50)60-13-7-5-6-11(13)31(61)57-33(60)63-35(51,52)16-24(43)28(47)30(53)29(48)25(16)44/h3-10,37-52H2,1-2H3. The number of amides is 1. The molecule has 5 rings (SSSR count). The van der Waals surface area contributed by atoms with Gasteiger partial charge >= 0.3 is 6.18 Å². The lowest BCUT2D eigenvalue weighted by Gasteiger charge is -2.40. The number of rotatable bonds is 13. The third-order valence-corrected chi connectivity index (χ3v) is 16.0. The number of hydrogen-bond donors (Lipinski definition) is 0. The van der Waals surface area contributed by atoms with Crippen molar-refractivity contribution in [2.24, 2.45) is 0 Å². The first kappa shape index (κ1) is 51.1. The van der Waals surface area contributed by atoms with Gasteiger partial charge in [-0.3, -0.25) is 9.59 Å². The summed E-state index contributed by atoms with van der Waals surface area (Å²) in [4.78, 5) is 38.5. The Labute approximate surface area is 390 Å². The first-order chi connectivity index (χ1) is 29.1. The van der Waals surface area contributed by atoms with Gasteiger partial charge in [-0.05, 0) is 53.6 Å². The van der Waals surface area contributed by atoms with Gasteiger partial charge in [-0.25, -0.2) is 4.39 Å². The molecule has 0 saturated heterocycles. The average molecular weight is 856 g/mol. The molecule has 1 amide bonds. The van der Waals surface area contributed by atoms with Crippen molar-refractivity contribution >= 4 is 209 Å². The number of benzene rings is 3.